The van der Waals surface area contributed by atoms with Crippen LogP contribution in [0, 0.1) is 5.41 Å². The SMILES string of the molecule is CC1(C)C=CC=C(C2CN(C3CCC(=O)NC3=O)C(=O)N2)C=C1. The lowest BCUT2D eigenvalue weighted by atomic mass is 9.93. The van der Waals surface area contributed by atoms with Crippen LogP contribution in [0.3, 0.4) is 0 Å². The topological polar surface area (TPSA) is 78.5 Å². The quantitative estimate of drug-likeness (QED) is 0.753. The zero-order valence-electron chi connectivity index (χ0n) is 13.3. The van der Waals surface area contributed by atoms with Crippen LogP contribution >= 0.6 is 0 Å². The molecule has 2 saturated heterocycles. The fourth-order valence-electron chi connectivity index (χ4n) is 3.06. The molecule has 0 saturated carbocycles. The van der Waals surface area contributed by atoms with Crippen molar-refractivity contribution < 1.29 is 14.4 Å². The molecule has 6 nitrogen and oxygen atoms in total. The van der Waals surface area contributed by atoms with Crippen LogP contribution in [0.15, 0.2) is 36.0 Å². The standard InChI is InChI=1S/C17H21N3O3/c1-17(2)8-3-4-11(7-9-17)12-10-20(16(23)18-12)13-5-6-14(21)19-15(13)22/h3-4,7-9,12-13H,5-6,10H2,1-2H3,(H,18,23)(H,19,21,22). The zero-order chi connectivity index (χ0) is 16.6. The van der Waals surface area contributed by atoms with Gasteiger partial charge in [-0.2, -0.15) is 0 Å². The molecule has 2 atom stereocenters. The highest BCUT2D eigenvalue weighted by Crippen LogP contribution is 2.26. The molecule has 2 unspecified atom stereocenters. The molecule has 0 radical (unpaired) electrons. The lowest BCUT2D eigenvalue weighted by Crippen LogP contribution is -2.53. The monoisotopic (exact) mass is 315 g/mol. The van der Waals surface area contributed by atoms with Crippen molar-refractivity contribution in [3.05, 3.63) is 36.0 Å². The highest BCUT2D eigenvalue weighted by Gasteiger charge is 2.40. The lowest BCUT2D eigenvalue weighted by molar-refractivity contribution is -0.136. The first kappa shape index (κ1) is 15.5. The fourth-order valence-corrected chi connectivity index (χ4v) is 3.06. The smallest absolute Gasteiger partial charge is 0.318 e. The van der Waals surface area contributed by atoms with Gasteiger partial charge in [0.1, 0.15) is 6.04 Å². The molecule has 2 aliphatic heterocycles. The number of hydrogen-bond acceptors (Lipinski definition) is 3. The Bertz CT molecular complexity index is 645. The minimum Gasteiger partial charge on any atom is -0.329 e. The molecule has 6 heteroatoms. The molecule has 0 spiro atoms. The Morgan fingerprint density at radius 2 is 2.00 bits per heavy atom. The number of piperidine rings is 1. The third kappa shape index (κ3) is 3.21. The highest BCUT2D eigenvalue weighted by atomic mass is 16.2. The molecule has 0 aromatic heterocycles. The third-order valence-corrected chi connectivity index (χ3v) is 4.45. The maximum atomic E-state index is 12.2. The van der Waals surface area contributed by atoms with E-state index in [2.05, 4.69) is 36.6 Å². The summed E-state index contributed by atoms with van der Waals surface area (Å²) in [7, 11) is 0. The summed E-state index contributed by atoms with van der Waals surface area (Å²) in [5.41, 5.74) is 0.986. The van der Waals surface area contributed by atoms with Gasteiger partial charge in [-0.15, -0.1) is 0 Å². The summed E-state index contributed by atoms with van der Waals surface area (Å²) in [6.45, 7) is 4.65. The van der Waals surface area contributed by atoms with Crippen LogP contribution in [0.2, 0.25) is 0 Å². The number of imide groups is 1. The predicted octanol–water partition coefficient (Wildman–Crippen LogP) is 1.26. The second-order valence-corrected chi connectivity index (χ2v) is 6.80. The molecule has 0 bridgehead atoms. The summed E-state index contributed by atoms with van der Waals surface area (Å²) < 4.78 is 0. The molecular formula is C17H21N3O3. The van der Waals surface area contributed by atoms with Gasteiger partial charge in [0.25, 0.3) is 0 Å². The minimum absolute atomic E-state index is 0.0236. The number of nitrogens with zero attached hydrogens (tertiary/aromatic N) is 1. The van der Waals surface area contributed by atoms with E-state index in [0.29, 0.717) is 13.0 Å². The Kier molecular flexibility index (Phi) is 3.83. The van der Waals surface area contributed by atoms with Crippen molar-refractivity contribution in [3.63, 3.8) is 0 Å². The molecule has 0 aromatic rings. The summed E-state index contributed by atoms with van der Waals surface area (Å²) in [6, 6.07) is -0.978. The summed E-state index contributed by atoms with van der Waals surface area (Å²) in [6.07, 6.45) is 10.9. The Balaban J connectivity index is 1.73. The summed E-state index contributed by atoms with van der Waals surface area (Å²) >= 11 is 0. The zero-order valence-corrected chi connectivity index (χ0v) is 13.3. The second-order valence-electron chi connectivity index (χ2n) is 6.80. The van der Waals surface area contributed by atoms with Crippen molar-refractivity contribution in [2.45, 2.75) is 38.8 Å². The van der Waals surface area contributed by atoms with Crippen molar-refractivity contribution in [2.75, 3.05) is 6.54 Å². The highest BCUT2D eigenvalue weighted by molar-refractivity contribution is 6.01. The number of carbonyl (C=O) groups is 3. The van der Waals surface area contributed by atoms with Gasteiger partial charge in [0.15, 0.2) is 0 Å². The average Bonchev–Trinajstić information content (AvgIpc) is 2.74. The molecule has 1 aliphatic carbocycles. The normalized spacial score (nSPS) is 29.9. The molecule has 122 valence electrons. The van der Waals surface area contributed by atoms with E-state index in [4.69, 9.17) is 0 Å². The van der Waals surface area contributed by atoms with Crippen LogP contribution in [0.1, 0.15) is 26.7 Å². The van der Waals surface area contributed by atoms with E-state index in [1.165, 1.54) is 4.90 Å². The van der Waals surface area contributed by atoms with Gasteiger partial charge in [-0.05, 0) is 12.0 Å². The molecule has 2 fully saturated rings. The first-order valence-corrected chi connectivity index (χ1v) is 7.85. The summed E-state index contributed by atoms with van der Waals surface area (Å²) in [5.74, 6) is -0.660. The van der Waals surface area contributed by atoms with Crippen molar-refractivity contribution in [1.29, 1.82) is 0 Å². The summed E-state index contributed by atoms with van der Waals surface area (Å²) in [4.78, 5) is 37.0. The molecule has 2 N–H and O–H groups in total. The Morgan fingerprint density at radius 3 is 2.74 bits per heavy atom. The third-order valence-electron chi connectivity index (χ3n) is 4.45. The van der Waals surface area contributed by atoms with E-state index in [1.807, 2.05) is 18.2 Å². The molecule has 0 aromatic carbocycles. The van der Waals surface area contributed by atoms with Crippen LogP contribution in [0.25, 0.3) is 0 Å². The lowest BCUT2D eigenvalue weighted by Gasteiger charge is -2.28. The van der Waals surface area contributed by atoms with Gasteiger partial charge in [-0.3, -0.25) is 14.9 Å². The van der Waals surface area contributed by atoms with E-state index < -0.39 is 6.04 Å². The van der Waals surface area contributed by atoms with Crippen LogP contribution in [-0.2, 0) is 9.59 Å². The minimum atomic E-state index is -0.569. The molecule has 23 heavy (non-hydrogen) atoms. The maximum absolute atomic E-state index is 12.2. The van der Waals surface area contributed by atoms with Crippen molar-refractivity contribution in [1.82, 2.24) is 15.5 Å². The van der Waals surface area contributed by atoms with E-state index in [9.17, 15) is 14.4 Å². The van der Waals surface area contributed by atoms with Crippen molar-refractivity contribution >= 4 is 17.8 Å². The van der Waals surface area contributed by atoms with Crippen molar-refractivity contribution in [2.24, 2.45) is 5.41 Å². The van der Waals surface area contributed by atoms with Gasteiger partial charge in [-0.1, -0.05) is 44.2 Å². The van der Waals surface area contributed by atoms with E-state index in [1.54, 1.807) is 0 Å². The largest absolute Gasteiger partial charge is 0.329 e. The number of rotatable bonds is 2. The Labute approximate surface area is 135 Å². The Morgan fingerprint density at radius 1 is 1.22 bits per heavy atom. The number of amides is 4. The van der Waals surface area contributed by atoms with Crippen molar-refractivity contribution in [3.8, 4) is 0 Å². The number of carbonyl (C=O) groups excluding carboxylic acids is 3. The van der Waals surface area contributed by atoms with E-state index >= 15 is 0 Å². The predicted molar refractivity (Wildman–Crippen MR) is 85.3 cm³/mol. The molecule has 2 heterocycles. The molecule has 4 amide bonds. The van der Waals surface area contributed by atoms with Gasteiger partial charge in [0, 0.05) is 18.4 Å². The number of allylic oxidation sites excluding steroid dienone is 4. The second kappa shape index (κ2) is 5.68. The molecular weight excluding hydrogens is 294 g/mol. The van der Waals surface area contributed by atoms with E-state index in [0.717, 1.165) is 5.57 Å². The number of urea groups is 1. The van der Waals surface area contributed by atoms with Gasteiger partial charge < -0.3 is 10.2 Å². The first-order chi connectivity index (χ1) is 10.9. The first-order valence-electron chi connectivity index (χ1n) is 7.85. The number of hydrogen-bond donors (Lipinski definition) is 2. The molecule has 3 aliphatic rings. The average molecular weight is 315 g/mol. The van der Waals surface area contributed by atoms with Crippen LogP contribution in [-0.4, -0.2) is 41.4 Å². The fraction of sp³-hybridized carbons (Fsp3) is 0.471. The van der Waals surface area contributed by atoms with Gasteiger partial charge >= 0.3 is 6.03 Å². The van der Waals surface area contributed by atoms with Gasteiger partial charge in [-0.25, -0.2) is 4.79 Å². The maximum Gasteiger partial charge on any atom is 0.318 e. The van der Waals surface area contributed by atoms with Crippen LogP contribution < -0.4 is 10.6 Å². The van der Waals surface area contributed by atoms with Gasteiger partial charge in [0.2, 0.25) is 11.8 Å². The van der Waals surface area contributed by atoms with Crippen LogP contribution in [0.5, 0.6) is 0 Å². The van der Waals surface area contributed by atoms with Crippen LogP contribution in [0.4, 0.5) is 4.79 Å². The summed E-state index contributed by atoms with van der Waals surface area (Å²) in [5, 5.41) is 5.23. The van der Waals surface area contributed by atoms with Gasteiger partial charge in [0.05, 0.1) is 6.04 Å². The number of nitrogens with one attached hydrogen (secondary N) is 2. The Hall–Kier alpha value is -2.37. The molecule has 3 rings (SSSR count). The van der Waals surface area contributed by atoms with E-state index in [-0.39, 0.29) is 35.7 Å².